The van der Waals surface area contributed by atoms with Crippen molar-refractivity contribution in [2.24, 2.45) is 0 Å². The number of carboxylic acid groups (broad SMARTS) is 1. The summed E-state index contributed by atoms with van der Waals surface area (Å²) in [7, 11) is 1.61. The Morgan fingerprint density at radius 3 is 2.15 bits per heavy atom. The van der Waals surface area contributed by atoms with Crippen molar-refractivity contribution >= 4 is 11.9 Å². The Morgan fingerprint density at radius 1 is 1.10 bits per heavy atom. The predicted octanol–water partition coefficient (Wildman–Crippen LogP) is 2.85. The van der Waals surface area contributed by atoms with Crippen molar-refractivity contribution in [2.45, 2.75) is 44.6 Å². The minimum atomic E-state index is -1.04. The highest BCUT2D eigenvalue weighted by atomic mass is 16.4. The molecule has 0 atom stereocenters. The van der Waals surface area contributed by atoms with Gasteiger partial charge in [-0.25, -0.2) is 4.79 Å². The zero-order valence-corrected chi connectivity index (χ0v) is 12.1. The van der Waals surface area contributed by atoms with Crippen molar-refractivity contribution in [1.82, 2.24) is 4.90 Å². The lowest BCUT2D eigenvalue weighted by Crippen LogP contribution is -2.56. The van der Waals surface area contributed by atoms with Crippen LogP contribution in [0.15, 0.2) is 24.3 Å². The second-order valence-corrected chi connectivity index (χ2v) is 5.63. The Bertz CT molecular complexity index is 501. The summed E-state index contributed by atoms with van der Waals surface area (Å²) in [6.45, 7) is 1.96. The van der Waals surface area contributed by atoms with Crippen LogP contribution in [0.25, 0.3) is 0 Å². The fraction of sp³-hybridized carbons (Fsp3) is 0.500. The van der Waals surface area contributed by atoms with E-state index >= 15 is 0 Å². The van der Waals surface area contributed by atoms with Crippen LogP contribution in [0, 0.1) is 6.92 Å². The van der Waals surface area contributed by atoms with E-state index in [1.165, 1.54) is 4.90 Å². The second kappa shape index (κ2) is 5.65. The van der Waals surface area contributed by atoms with Crippen molar-refractivity contribution in [3.8, 4) is 0 Å². The highest BCUT2D eigenvalue weighted by molar-refractivity contribution is 5.97. The van der Waals surface area contributed by atoms with Gasteiger partial charge in [0.1, 0.15) is 5.54 Å². The molecule has 1 saturated carbocycles. The molecule has 2 rings (SSSR count). The molecule has 0 aromatic heterocycles. The quantitative estimate of drug-likeness (QED) is 0.922. The van der Waals surface area contributed by atoms with E-state index in [1.54, 1.807) is 19.2 Å². The van der Waals surface area contributed by atoms with Gasteiger partial charge in [0, 0.05) is 12.6 Å². The van der Waals surface area contributed by atoms with E-state index in [1.807, 2.05) is 19.1 Å². The minimum Gasteiger partial charge on any atom is -0.479 e. The van der Waals surface area contributed by atoms with Gasteiger partial charge in [-0.05, 0) is 31.9 Å². The van der Waals surface area contributed by atoms with Crippen LogP contribution in [-0.2, 0) is 4.79 Å². The molecule has 1 aromatic carbocycles. The number of nitrogens with zero attached hydrogens (tertiary/aromatic N) is 1. The maximum absolute atomic E-state index is 12.5. The summed E-state index contributed by atoms with van der Waals surface area (Å²) in [4.78, 5) is 25.7. The maximum Gasteiger partial charge on any atom is 0.329 e. The Labute approximate surface area is 119 Å². The topological polar surface area (TPSA) is 57.6 Å². The molecule has 1 aliphatic rings. The van der Waals surface area contributed by atoms with Crippen LogP contribution >= 0.6 is 0 Å². The van der Waals surface area contributed by atoms with Crippen LogP contribution < -0.4 is 0 Å². The molecular weight excluding hydrogens is 254 g/mol. The smallest absolute Gasteiger partial charge is 0.329 e. The predicted molar refractivity (Wildman–Crippen MR) is 76.7 cm³/mol. The number of rotatable bonds is 3. The fourth-order valence-electron chi connectivity index (χ4n) is 2.91. The Kier molecular flexibility index (Phi) is 4.12. The van der Waals surface area contributed by atoms with Crippen LogP contribution in [0.1, 0.15) is 48.0 Å². The van der Waals surface area contributed by atoms with E-state index in [9.17, 15) is 14.7 Å². The molecule has 0 saturated heterocycles. The summed E-state index contributed by atoms with van der Waals surface area (Å²) in [5.74, 6) is -1.10. The van der Waals surface area contributed by atoms with Crippen molar-refractivity contribution < 1.29 is 14.7 Å². The summed E-state index contributed by atoms with van der Waals surface area (Å²) in [6.07, 6.45) is 3.84. The number of carboxylic acids is 1. The summed E-state index contributed by atoms with van der Waals surface area (Å²) in [5, 5.41) is 9.61. The molecule has 1 aliphatic carbocycles. The lowest BCUT2D eigenvalue weighted by Gasteiger charge is -2.41. The highest BCUT2D eigenvalue weighted by Gasteiger charge is 2.45. The monoisotopic (exact) mass is 275 g/mol. The first kappa shape index (κ1) is 14.6. The third-order valence-electron chi connectivity index (χ3n) is 4.32. The van der Waals surface area contributed by atoms with Crippen LogP contribution in [0.3, 0.4) is 0 Å². The summed E-state index contributed by atoms with van der Waals surface area (Å²) in [6, 6.07) is 7.25. The van der Waals surface area contributed by atoms with Gasteiger partial charge in [-0.15, -0.1) is 0 Å². The van der Waals surface area contributed by atoms with Crippen LogP contribution in [0.5, 0.6) is 0 Å². The van der Waals surface area contributed by atoms with Crippen LogP contribution in [0.2, 0.25) is 0 Å². The Morgan fingerprint density at radius 2 is 1.65 bits per heavy atom. The molecule has 0 aliphatic heterocycles. The molecule has 0 spiro atoms. The lowest BCUT2D eigenvalue weighted by molar-refractivity contribution is -0.151. The molecule has 1 fully saturated rings. The molecule has 0 heterocycles. The first-order chi connectivity index (χ1) is 9.47. The van der Waals surface area contributed by atoms with E-state index in [0.717, 1.165) is 24.8 Å². The number of hydrogen-bond acceptors (Lipinski definition) is 2. The Hall–Kier alpha value is -1.84. The number of aliphatic carboxylic acids is 1. The third kappa shape index (κ3) is 2.55. The molecule has 0 bridgehead atoms. The molecule has 20 heavy (non-hydrogen) atoms. The van der Waals surface area contributed by atoms with Crippen molar-refractivity contribution in [2.75, 3.05) is 7.05 Å². The molecule has 0 unspecified atom stereocenters. The average Bonchev–Trinajstić information content (AvgIpc) is 2.47. The van der Waals surface area contributed by atoms with Gasteiger partial charge in [0.25, 0.3) is 5.91 Å². The van der Waals surface area contributed by atoms with E-state index < -0.39 is 11.5 Å². The van der Waals surface area contributed by atoms with E-state index in [-0.39, 0.29) is 5.91 Å². The lowest BCUT2D eigenvalue weighted by atomic mass is 9.80. The number of carbonyl (C=O) groups excluding carboxylic acids is 1. The molecule has 1 aromatic rings. The Balaban J connectivity index is 2.27. The van der Waals surface area contributed by atoms with Gasteiger partial charge < -0.3 is 10.0 Å². The zero-order valence-electron chi connectivity index (χ0n) is 12.1. The number of benzene rings is 1. The number of likely N-dealkylation sites (N-methyl/N-ethyl adjacent to an activating group) is 1. The molecule has 108 valence electrons. The van der Waals surface area contributed by atoms with E-state index in [0.29, 0.717) is 18.4 Å². The van der Waals surface area contributed by atoms with E-state index in [2.05, 4.69) is 0 Å². The van der Waals surface area contributed by atoms with Gasteiger partial charge in [0.15, 0.2) is 0 Å². The number of amides is 1. The van der Waals surface area contributed by atoms with Gasteiger partial charge in [0.2, 0.25) is 0 Å². The summed E-state index contributed by atoms with van der Waals surface area (Å²) in [5.41, 5.74) is 0.583. The highest BCUT2D eigenvalue weighted by Crippen LogP contribution is 2.34. The normalized spacial score (nSPS) is 17.5. The summed E-state index contributed by atoms with van der Waals surface area (Å²) < 4.78 is 0. The molecule has 1 N–H and O–H groups in total. The molecule has 1 amide bonds. The minimum absolute atomic E-state index is 0.214. The fourth-order valence-corrected chi connectivity index (χ4v) is 2.91. The molecule has 0 radical (unpaired) electrons. The summed E-state index contributed by atoms with van der Waals surface area (Å²) >= 11 is 0. The first-order valence-corrected chi connectivity index (χ1v) is 7.05. The number of hydrogen-bond donors (Lipinski definition) is 1. The van der Waals surface area contributed by atoms with Crippen molar-refractivity contribution in [3.63, 3.8) is 0 Å². The zero-order chi connectivity index (χ0) is 14.8. The maximum atomic E-state index is 12.5. The average molecular weight is 275 g/mol. The number of carbonyl (C=O) groups is 2. The molecule has 4 heteroatoms. The standard InChI is InChI=1S/C16H21NO3/c1-12-6-8-13(9-7-12)14(18)17(2)16(15(19)20)10-4-3-5-11-16/h6-9H,3-5,10-11H2,1-2H3,(H,19,20). The molecular formula is C16H21NO3. The molecule has 4 nitrogen and oxygen atoms in total. The van der Waals surface area contributed by atoms with Gasteiger partial charge >= 0.3 is 5.97 Å². The van der Waals surface area contributed by atoms with Crippen LogP contribution in [0.4, 0.5) is 0 Å². The SMILES string of the molecule is Cc1ccc(C(=O)N(C)C2(C(=O)O)CCCCC2)cc1. The van der Waals surface area contributed by atoms with Gasteiger partial charge in [-0.3, -0.25) is 4.79 Å². The number of aryl methyl sites for hydroxylation is 1. The van der Waals surface area contributed by atoms with Crippen molar-refractivity contribution in [3.05, 3.63) is 35.4 Å². The van der Waals surface area contributed by atoms with Gasteiger partial charge in [-0.2, -0.15) is 0 Å². The van der Waals surface area contributed by atoms with Gasteiger partial charge in [0.05, 0.1) is 0 Å². The third-order valence-corrected chi connectivity index (χ3v) is 4.32. The van der Waals surface area contributed by atoms with Crippen molar-refractivity contribution in [1.29, 1.82) is 0 Å². The largest absolute Gasteiger partial charge is 0.479 e. The van der Waals surface area contributed by atoms with Crippen LogP contribution in [-0.4, -0.2) is 34.5 Å². The first-order valence-electron chi connectivity index (χ1n) is 7.05. The second-order valence-electron chi connectivity index (χ2n) is 5.63. The van der Waals surface area contributed by atoms with Gasteiger partial charge in [-0.1, -0.05) is 37.0 Å². The van der Waals surface area contributed by atoms with E-state index in [4.69, 9.17) is 0 Å².